The summed E-state index contributed by atoms with van der Waals surface area (Å²) in [5, 5.41) is 0. The topological polar surface area (TPSA) is 48.1 Å². The first-order valence-electron chi connectivity index (χ1n) is 3.07. The summed E-state index contributed by atoms with van der Waals surface area (Å²) in [4.78, 5) is 3.93. The molecule has 0 aromatic carbocycles. The van der Waals surface area contributed by atoms with Crippen LogP contribution in [0.2, 0.25) is 0 Å². The van der Waals surface area contributed by atoms with Gasteiger partial charge in [0.05, 0.1) is 12.3 Å². The molecule has 0 saturated heterocycles. The van der Waals surface area contributed by atoms with Gasteiger partial charge in [0.25, 0.3) is 0 Å². The molecule has 1 rings (SSSR count). The summed E-state index contributed by atoms with van der Waals surface area (Å²) < 4.78 is 5.86. The van der Waals surface area contributed by atoms with Gasteiger partial charge in [-0.2, -0.15) is 0 Å². The number of nitrogen functional groups attached to an aromatic ring is 1. The van der Waals surface area contributed by atoms with Gasteiger partial charge in [0.2, 0.25) is 5.88 Å². The van der Waals surface area contributed by atoms with Crippen molar-refractivity contribution in [1.82, 2.24) is 4.98 Å². The zero-order valence-electron chi connectivity index (χ0n) is 5.88. The van der Waals surface area contributed by atoms with Crippen LogP contribution in [0, 0.1) is 6.92 Å². The molecule has 0 atom stereocenters. The Balaban J connectivity index is 2.90. The van der Waals surface area contributed by atoms with Gasteiger partial charge in [-0.15, -0.1) is 0 Å². The summed E-state index contributed by atoms with van der Waals surface area (Å²) in [7, 11) is 0. The van der Waals surface area contributed by atoms with Crippen LogP contribution in [0.4, 0.5) is 5.69 Å². The molecule has 1 radical (unpaired) electrons. The average molecular weight is 216 g/mol. The van der Waals surface area contributed by atoms with Gasteiger partial charge in [-0.1, -0.05) is 0 Å². The Bertz CT molecular complexity index is 252. The highest BCUT2D eigenvalue weighted by atomic mass is 79.9. The number of pyridine rings is 1. The number of hydrogen-bond donors (Lipinski definition) is 1. The lowest BCUT2D eigenvalue weighted by Gasteiger charge is -2.03. The molecule has 11 heavy (non-hydrogen) atoms. The van der Waals surface area contributed by atoms with Gasteiger partial charge in [0.15, 0.2) is 0 Å². The molecule has 0 amide bonds. The van der Waals surface area contributed by atoms with E-state index >= 15 is 0 Å². The fraction of sp³-hybridized carbons (Fsp3) is 0.143. The maximum atomic E-state index is 5.56. The highest BCUT2D eigenvalue weighted by Crippen LogP contribution is 2.21. The molecule has 2 N–H and O–H groups in total. The maximum Gasteiger partial charge on any atom is 0.237 e. The van der Waals surface area contributed by atoms with Crippen molar-refractivity contribution in [3.63, 3.8) is 0 Å². The van der Waals surface area contributed by atoms with Crippen molar-refractivity contribution in [3.05, 3.63) is 23.7 Å². The minimum atomic E-state index is 0.332. The van der Waals surface area contributed by atoms with Crippen LogP contribution >= 0.6 is 15.9 Å². The normalized spacial score (nSPS) is 9.64. The predicted octanol–water partition coefficient (Wildman–Crippen LogP) is 1.64. The van der Waals surface area contributed by atoms with Crippen LogP contribution in [0.5, 0.6) is 5.88 Å². The second-order valence-electron chi connectivity index (χ2n) is 1.90. The number of nitrogens with zero attached hydrogens (tertiary/aromatic N) is 1. The molecule has 0 bridgehead atoms. The standard InChI is InChI=1S/C7H8BrN2O/c1-2-11-7-6(9)3-5(8)4-10-7/h3-4H,1-2,9H2. The molecule has 0 fully saturated rings. The van der Waals surface area contributed by atoms with E-state index in [1.165, 1.54) is 0 Å². The lowest BCUT2D eigenvalue weighted by molar-refractivity contribution is 0.348. The summed E-state index contributed by atoms with van der Waals surface area (Å²) in [5.74, 6) is 0.434. The number of anilines is 1. The predicted molar refractivity (Wildman–Crippen MR) is 47.2 cm³/mol. The van der Waals surface area contributed by atoms with Gasteiger partial charge in [0.1, 0.15) is 0 Å². The Morgan fingerprint density at radius 3 is 3.00 bits per heavy atom. The van der Waals surface area contributed by atoms with Crippen molar-refractivity contribution >= 4 is 21.6 Å². The molecule has 0 saturated carbocycles. The molecule has 1 aromatic heterocycles. The maximum absolute atomic E-state index is 5.56. The number of aromatic nitrogens is 1. The molecular weight excluding hydrogens is 208 g/mol. The summed E-state index contributed by atoms with van der Waals surface area (Å²) in [6.07, 6.45) is 1.63. The second-order valence-corrected chi connectivity index (χ2v) is 2.81. The van der Waals surface area contributed by atoms with Crippen molar-refractivity contribution < 1.29 is 4.74 Å². The average Bonchev–Trinajstić information content (AvgIpc) is 1.95. The van der Waals surface area contributed by atoms with Crippen LogP contribution in [0.25, 0.3) is 0 Å². The second kappa shape index (κ2) is 3.57. The van der Waals surface area contributed by atoms with E-state index in [-0.39, 0.29) is 0 Å². The SMILES string of the molecule is [CH2]COc1ncc(Br)cc1N. The highest BCUT2D eigenvalue weighted by molar-refractivity contribution is 9.10. The summed E-state index contributed by atoms with van der Waals surface area (Å²) in [6, 6.07) is 1.73. The fourth-order valence-electron chi connectivity index (χ4n) is 0.660. The van der Waals surface area contributed by atoms with Crippen LogP contribution in [-0.2, 0) is 0 Å². The molecule has 1 heterocycles. The Hall–Kier alpha value is -0.770. The Morgan fingerprint density at radius 2 is 2.45 bits per heavy atom. The van der Waals surface area contributed by atoms with E-state index < -0.39 is 0 Å². The van der Waals surface area contributed by atoms with E-state index in [1.54, 1.807) is 12.3 Å². The van der Waals surface area contributed by atoms with E-state index in [9.17, 15) is 0 Å². The molecule has 0 unspecified atom stereocenters. The number of hydrogen-bond acceptors (Lipinski definition) is 3. The van der Waals surface area contributed by atoms with Crippen LogP contribution in [-0.4, -0.2) is 11.6 Å². The number of ether oxygens (including phenoxy) is 1. The summed E-state index contributed by atoms with van der Waals surface area (Å²) >= 11 is 3.23. The Morgan fingerprint density at radius 1 is 1.73 bits per heavy atom. The van der Waals surface area contributed by atoms with Crippen molar-refractivity contribution in [2.75, 3.05) is 12.3 Å². The van der Waals surface area contributed by atoms with Gasteiger partial charge in [-0.25, -0.2) is 4.98 Å². The largest absolute Gasteiger partial charge is 0.476 e. The van der Waals surface area contributed by atoms with Gasteiger partial charge in [-0.05, 0) is 28.9 Å². The van der Waals surface area contributed by atoms with E-state index in [0.29, 0.717) is 18.2 Å². The molecule has 0 aliphatic heterocycles. The van der Waals surface area contributed by atoms with Gasteiger partial charge in [-0.3, -0.25) is 0 Å². The molecule has 59 valence electrons. The summed E-state index contributed by atoms with van der Waals surface area (Å²) in [5.41, 5.74) is 6.08. The number of nitrogens with two attached hydrogens (primary N) is 1. The van der Waals surface area contributed by atoms with E-state index in [2.05, 4.69) is 27.8 Å². The third-order valence-corrected chi connectivity index (χ3v) is 1.52. The van der Waals surface area contributed by atoms with E-state index in [4.69, 9.17) is 10.5 Å². The van der Waals surface area contributed by atoms with Gasteiger partial charge in [0, 0.05) is 10.7 Å². The molecule has 3 nitrogen and oxygen atoms in total. The van der Waals surface area contributed by atoms with Crippen molar-refractivity contribution in [2.45, 2.75) is 0 Å². The molecule has 0 spiro atoms. The first-order chi connectivity index (χ1) is 5.24. The Labute approximate surface area is 73.7 Å². The molecule has 0 aliphatic carbocycles. The summed E-state index contributed by atoms with van der Waals surface area (Å²) in [6.45, 7) is 3.85. The third kappa shape index (κ3) is 2.08. The minimum Gasteiger partial charge on any atom is -0.476 e. The molecule has 0 aliphatic rings. The van der Waals surface area contributed by atoms with Crippen molar-refractivity contribution in [3.8, 4) is 5.88 Å². The zero-order valence-corrected chi connectivity index (χ0v) is 7.47. The van der Waals surface area contributed by atoms with Crippen LogP contribution < -0.4 is 10.5 Å². The van der Waals surface area contributed by atoms with E-state index in [1.807, 2.05) is 0 Å². The lowest BCUT2D eigenvalue weighted by atomic mass is 10.4. The van der Waals surface area contributed by atoms with Crippen molar-refractivity contribution in [1.29, 1.82) is 0 Å². The van der Waals surface area contributed by atoms with Gasteiger partial charge < -0.3 is 10.5 Å². The molecule has 4 heteroatoms. The van der Waals surface area contributed by atoms with Crippen LogP contribution in [0.1, 0.15) is 0 Å². The smallest absolute Gasteiger partial charge is 0.237 e. The quantitative estimate of drug-likeness (QED) is 0.817. The Kier molecular flexibility index (Phi) is 2.70. The molecule has 1 aromatic rings. The van der Waals surface area contributed by atoms with E-state index in [0.717, 1.165) is 4.47 Å². The van der Waals surface area contributed by atoms with Crippen molar-refractivity contribution in [2.24, 2.45) is 0 Å². The molecular formula is C7H8BrN2O. The van der Waals surface area contributed by atoms with Crippen LogP contribution in [0.15, 0.2) is 16.7 Å². The van der Waals surface area contributed by atoms with Gasteiger partial charge >= 0.3 is 0 Å². The first kappa shape index (κ1) is 8.33. The highest BCUT2D eigenvalue weighted by Gasteiger charge is 2.00. The minimum absolute atomic E-state index is 0.332. The monoisotopic (exact) mass is 215 g/mol. The number of halogens is 1. The first-order valence-corrected chi connectivity index (χ1v) is 3.86. The fourth-order valence-corrected chi connectivity index (χ4v) is 1.01. The lowest BCUT2D eigenvalue weighted by Crippen LogP contribution is -1.98. The van der Waals surface area contributed by atoms with Crippen LogP contribution in [0.3, 0.4) is 0 Å². The third-order valence-electron chi connectivity index (χ3n) is 1.08. The zero-order chi connectivity index (χ0) is 8.27. The number of rotatable bonds is 2.